The second-order valence-corrected chi connectivity index (χ2v) is 4.21. The SMILES string of the molecule is CC(=O)C1(c2ccccc2)CC(F)(F)C1. The van der Waals surface area contributed by atoms with Crippen LogP contribution in [0.25, 0.3) is 0 Å². The lowest BCUT2D eigenvalue weighted by molar-refractivity contribution is -0.155. The topological polar surface area (TPSA) is 17.1 Å². The van der Waals surface area contributed by atoms with Crippen molar-refractivity contribution in [1.29, 1.82) is 0 Å². The molecule has 0 unspecified atom stereocenters. The predicted octanol–water partition coefficient (Wildman–Crippen LogP) is 2.94. The first kappa shape index (κ1) is 10.3. The molecule has 0 bridgehead atoms. The summed E-state index contributed by atoms with van der Waals surface area (Å²) in [5, 5.41) is 0. The third-order valence-electron chi connectivity index (χ3n) is 3.12. The zero-order valence-electron chi connectivity index (χ0n) is 8.47. The van der Waals surface area contributed by atoms with E-state index < -0.39 is 11.3 Å². The van der Waals surface area contributed by atoms with Crippen LogP contribution in [0.5, 0.6) is 0 Å². The van der Waals surface area contributed by atoms with Crippen molar-refractivity contribution in [2.75, 3.05) is 0 Å². The van der Waals surface area contributed by atoms with Crippen molar-refractivity contribution < 1.29 is 13.6 Å². The smallest absolute Gasteiger partial charge is 0.250 e. The van der Waals surface area contributed by atoms with Gasteiger partial charge in [-0.05, 0) is 12.5 Å². The van der Waals surface area contributed by atoms with Gasteiger partial charge in [-0.1, -0.05) is 30.3 Å². The van der Waals surface area contributed by atoms with Crippen molar-refractivity contribution in [3.8, 4) is 0 Å². The van der Waals surface area contributed by atoms with Gasteiger partial charge in [0.15, 0.2) is 0 Å². The molecule has 1 fully saturated rings. The highest BCUT2D eigenvalue weighted by Gasteiger charge is 2.59. The molecule has 2 rings (SSSR count). The monoisotopic (exact) mass is 210 g/mol. The highest BCUT2D eigenvalue weighted by Crippen LogP contribution is 2.53. The number of halogens is 2. The maximum Gasteiger partial charge on any atom is 0.250 e. The molecule has 80 valence electrons. The molecule has 0 aliphatic heterocycles. The molecule has 0 radical (unpaired) electrons. The van der Waals surface area contributed by atoms with Crippen LogP contribution in [0.4, 0.5) is 8.78 Å². The van der Waals surface area contributed by atoms with Gasteiger partial charge in [0.1, 0.15) is 5.78 Å². The summed E-state index contributed by atoms with van der Waals surface area (Å²) in [5.74, 6) is -2.85. The van der Waals surface area contributed by atoms with Crippen LogP contribution in [0.1, 0.15) is 25.3 Å². The fraction of sp³-hybridized carbons (Fsp3) is 0.417. The second-order valence-electron chi connectivity index (χ2n) is 4.21. The van der Waals surface area contributed by atoms with E-state index in [1.165, 1.54) is 6.92 Å². The van der Waals surface area contributed by atoms with Crippen LogP contribution in [0.2, 0.25) is 0 Å². The van der Waals surface area contributed by atoms with Crippen molar-refractivity contribution in [2.45, 2.75) is 31.1 Å². The molecule has 1 aromatic rings. The van der Waals surface area contributed by atoms with Gasteiger partial charge in [0.05, 0.1) is 5.41 Å². The predicted molar refractivity (Wildman–Crippen MR) is 53.0 cm³/mol. The van der Waals surface area contributed by atoms with Crippen molar-refractivity contribution in [2.24, 2.45) is 0 Å². The first-order valence-electron chi connectivity index (χ1n) is 4.91. The number of hydrogen-bond acceptors (Lipinski definition) is 1. The van der Waals surface area contributed by atoms with Gasteiger partial charge >= 0.3 is 0 Å². The summed E-state index contributed by atoms with van der Waals surface area (Å²) >= 11 is 0. The van der Waals surface area contributed by atoms with E-state index in [-0.39, 0.29) is 18.6 Å². The fourth-order valence-corrected chi connectivity index (χ4v) is 2.24. The molecule has 15 heavy (non-hydrogen) atoms. The minimum Gasteiger partial charge on any atom is -0.299 e. The Morgan fingerprint density at radius 2 is 1.73 bits per heavy atom. The highest BCUT2D eigenvalue weighted by molar-refractivity contribution is 5.89. The lowest BCUT2D eigenvalue weighted by Crippen LogP contribution is -2.53. The minimum atomic E-state index is -2.68. The van der Waals surface area contributed by atoms with Gasteiger partial charge in [-0.25, -0.2) is 8.78 Å². The van der Waals surface area contributed by atoms with Crippen LogP contribution in [0.15, 0.2) is 30.3 Å². The Bertz CT molecular complexity index is 376. The number of Topliss-reactive ketones (excluding diaryl/α,β-unsaturated/α-hetero) is 1. The Morgan fingerprint density at radius 1 is 1.20 bits per heavy atom. The molecular formula is C12H12F2O. The van der Waals surface area contributed by atoms with E-state index in [1.807, 2.05) is 6.07 Å². The average Bonchev–Trinajstić information content (AvgIpc) is 2.14. The van der Waals surface area contributed by atoms with E-state index in [1.54, 1.807) is 24.3 Å². The summed E-state index contributed by atoms with van der Waals surface area (Å²) in [6.07, 6.45) is -0.696. The molecule has 0 atom stereocenters. The van der Waals surface area contributed by atoms with Crippen LogP contribution in [0.3, 0.4) is 0 Å². The normalized spacial score (nSPS) is 21.8. The molecule has 1 aromatic carbocycles. The minimum absolute atomic E-state index is 0.167. The van der Waals surface area contributed by atoms with Crippen molar-refractivity contribution in [3.05, 3.63) is 35.9 Å². The van der Waals surface area contributed by atoms with E-state index in [4.69, 9.17) is 0 Å². The van der Waals surface area contributed by atoms with Crippen LogP contribution >= 0.6 is 0 Å². The Kier molecular flexibility index (Phi) is 2.14. The van der Waals surface area contributed by atoms with E-state index in [2.05, 4.69) is 0 Å². The van der Waals surface area contributed by atoms with E-state index >= 15 is 0 Å². The van der Waals surface area contributed by atoms with Gasteiger partial charge < -0.3 is 0 Å². The molecule has 0 aromatic heterocycles. The molecule has 1 aliphatic rings. The standard InChI is InChI=1S/C12H12F2O/c1-9(15)11(7-12(13,14)8-11)10-5-3-2-4-6-10/h2-6H,7-8H2,1H3. The number of carbonyl (C=O) groups excluding carboxylic acids is 1. The van der Waals surface area contributed by atoms with Gasteiger partial charge in [0.2, 0.25) is 0 Å². The fourth-order valence-electron chi connectivity index (χ4n) is 2.24. The molecule has 1 aliphatic carbocycles. The molecule has 0 saturated heterocycles. The lowest BCUT2D eigenvalue weighted by atomic mass is 9.60. The van der Waals surface area contributed by atoms with Crippen molar-refractivity contribution >= 4 is 5.78 Å². The number of ketones is 1. The summed E-state index contributed by atoms with van der Waals surface area (Å²) in [6, 6.07) is 8.86. The first-order chi connectivity index (χ1) is 6.96. The molecule has 0 spiro atoms. The summed E-state index contributed by atoms with van der Waals surface area (Å²) in [6.45, 7) is 1.39. The van der Waals surface area contributed by atoms with Crippen molar-refractivity contribution in [3.63, 3.8) is 0 Å². The van der Waals surface area contributed by atoms with E-state index in [0.717, 1.165) is 0 Å². The number of rotatable bonds is 2. The summed E-state index contributed by atoms with van der Waals surface area (Å²) in [4.78, 5) is 11.5. The second kappa shape index (κ2) is 3.12. The van der Waals surface area contributed by atoms with Crippen LogP contribution in [0, 0.1) is 0 Å². The van der Waals surface area contributed by atoms with Gasteiger partial charge in [-0.2, -0.15) is 0 Å². The Morgan fingerprint density at radius 3 is 2.13 bits per heavy atom. The van der Waals surface area contributed by atoms with Crippen LogP contribution in [-0.2, 0) is 10.2 Å². The largest absolute Gasteiger partial charge is 0.299 e. The molecule has 0 N–H and O–H groups in total. The van der Waals surface area contributed by atoms with Gasteiger partial charge in [-0.15, -0.1) is 0 Å². The zero-order chi connectivity index (χ0) is 11.1. The first-order valence-corrected chi connectivity index (χ1v) is 4.91. The van der Waals surface area contributed by atoms with E-state index in [0.29, 0.717) is 5.56 Å². The molecule has 0 amide bonds. The highest BCUT2D eigenvalue weighted by atomic mass is 19.3. The third kappa shape index (κ3) is 1.56. The Balaban J connectivity index is 2.36. The average molecular weight is 210 g/mol. The van der Waals surface area contributed by atoms with Crippen LogP contribution in [-0.4, -0.2) is 11.7 Å². The summed E-state index contributed by atoms with van der Waals surface area (Å²) in [5.41, 5.74) is -0.228. The molecular weight excluding hydrogens is 198 g/mol. The van der Waals surface area contributed by atoms with Crippen LogP contribution < -0.4 is 0 Å². The molecule has 1 nitrogen and oxygen atoms in total. The van der Waals surface area contributed by atoms with E-state index in [9.17, 15) is 13.6 Å². The number of benzene rings is 1. The third-order valence-corrected chi connectivity index (χ3v) is 3.12. The quantitative estimate of drug-likeness (QED) is 0.733. The summed E-state index contributed by atoms with van der Waals surface area (Å²) < 4.78 is 25.9. The van der Waals surface area contributed by atoms with Gasteiger partial charge in [0, 0.05) is 12.8 Å². The number of alkyl halides is 2. The Hall–Kier alpha value is -1.25. The van der Waals surface area contributed by atoms with Crippen molar-refractivity contribution in [1.82, 2.24) is 0 Å². The zero-order valence-corrected chi connectivity index (χ0v) is 8.47. The Labute approximate surface area is 87.1 Å². The maximum atomic E-state index is 12.9. The molecule has 1 saturated carbocycles. The summed E-state index contributed by atoms with van der Waals surface area (Å²) in [7, 11) is 0. The molecule has 0 heterocycles. The number of carbonyl (C=O) groups is 1. The maximum absolute atomic E-state index is 12.9. The van der Waals surface area contributed by atoms with Gasteiger partial charge in [-0.3, -0.25) is 4.79 Å². The number of hydrogen-bond donors (Lipinski definition) is 0. The lowest BCUT2D eigenvalue weighted by Gasteiger charge is -2.45. The van der Waals surface area contributed by atoms with Gasteiger partial charge in [0.25, 0.3) is 5.92 Å². The molecule has 3 heteroatoms.